The molecule has 22 heavy (non-hydrogen) atoms. The number of carboxylic acids is 3. The van der Waals surface area contributed by atoms with Gasteiger partial charge in [-0.05, 0) is 6.92 Å². The lowest BCUT2D eigenvalue weighted by atomic mass is 10.2. The summed E-state index contributed by atoms with van der Waals surface area (Å²) in [6, 6.07) is 0. The molecule has 0 amide bonds. The SMILES string of the molecule is CC(=O)CN(CC(=O)O)CC(O)CN(CC(=O)O)CC(=O)O. The molecular formula is C12H20N2O8. The van der Waals surface area contributed by atoms with Gasteiger partial charge in [0.1, 0.15) is 5.78 Å². The maximum Gasteiger partial charge on any atom is 0.317 e. The zero-order valence-electron chi connectivity index (χ0n) is 12.1. The lowest BCUT2D eigenvalue weighted by Gasteiger charge is -2.26. The van der Waals surface area contributed by atoms with E-state index in [9.17, 15) is 24.3 Å². The number of nitrogens with zero attached hydrogens (tertiary/aromatic N) is 2. The maximum absolute atomic E-state index is 11.0. The Balaban J connectivity index is 4.63. The predicted octanol–water partition coefficient (Wildman–Crippen LogP) is -2.21. The van der Waals surface area contributed by atoms with Crippen LogP contribution in [0.2, 0.25) is 0 Å². The van der Waals surface area contributed by atoms with Crippen LogP contribution in [0.4, 0.5) is 0 Å². The molecule has 1 unspecified atom stereocenters. The van der Waals surface area contributed by atoms with Gasteiger partial charge in [-0.15, -0.1) is 0 Å². The monoisotopic (exact) mass is 320 g/mol. The Kier molecular flexibility index (Phi) is 8.91. The van der Waals surface area contributed by atoms with Crippen molar-refractivity contribution < 1.29 is 39.6 Å². The van der Waals surface area contributed by atoms with Crippen molar-refractivity contribution in [2.75, 3.05) is 39.3 Å². The number of carbonyl (C=O) groups excluding carboxylic acids is 1. The van der Waals surface area contributed by atoms with Crippen LogP contribution >= 0.6 is 0 Å². The van der Waals surface area contributed by atoms with Gasteiger partial charge >= 0.3 is 17.9 Å². The van der Waals surface area contributed by atoms with Gasteiger partial charge in [0.15, 0.2) is 0 Å². The topological polar surface area (TPSA) is 156 Å². The molecule has 0 heterocycles. The Morgan fingerprint density at radius 3 is 1.36 bits per heavy atom. The van der Waals surface area contributed by atoms with Gasteiger partial charge in [-0.2, -0.15) is 0 Å². The molecule has 0 radical (unpaired) electrons. The Hall–Kier alpha value is -2.04. The normalized spacial score (nSPS) is 12.4. The number of hydrogen-bond acceptors (Lipinski definition) is 7. The molecule has 0 rings (SSSR count). The molecule has 10 nitrogen and oxygen atoms in total. The summed E-state index contributed by atoms with van der Waals surface area (Å²) in [6.07, 6.45) is -1.20. The van der Waals surface area contributed by atoms with Gasteiger partial charge in [0.2, 0.25) is 0 Å². The summed E-state index contributed by atoms with van der Waals surface area (Å²) < 4.78 is 0. The van der Waals surface area contributed by atoms with Crippen LogP contribution in [0.3, 0.4) is 0 Å². The number of rotatable bonds is 12. The quantitative estimate of drug-likeness (QED) is 0.311. The number of aliphatic hydroxyl groups excluding tert-OH is 1. The molecule has 0 saturated heterocycles. The third-order valence-electron chi connectivity index (χ3n) is 2.46. The minimum atomic E-state index is -1.25. The lowest BCUT2D eigenvalue weighted by molar-refractivity contribution is -0.142. The average Bonchev–Trinajstić information content (AvgIpc) is 2.23. The minimum Gasteiger partial charge on any atom is -0.480 e. The number of aliphatic hydroxyl groups is 1. The van der Waals surface area contributed by atoms with E-state index < -0.39 is 43.6 Å². The van der Waals surface area contributed by atoms with Gasteiger partial charge < -0.3 is 20.4 Å². The number of Topliss-reactive ketones (excluding diaryl/α,β-unsaturated/α-hetero) is 1. The molecule has 10 heteroatoms. The average molecular weight is 320 g/mol. The van der Waals surface area contributed by atoms with Gasteiger partial charge in [0.05, 0.1) is 32.3 Å². The second-order valence-electron chi connectivity index (χ2n) is 4.88. The Labute approximate surface area is 126 Å². The van der Waals surface area contributed by atoms with Crippen molar-refractivity contribution in [1.29, 1.82) is 0 Å². The molecule has 0 aliphatic rings. The molecule has 0 aliphatic carbocycles. The first-order chi connectivity index (χ1) is 10.1. The first kappa shape index (κ1) is 20.0. The van der Waals surface area contributed by atoms with E-state index in [0.29, 0.717) is 0 Å². The molecule has 0 spiro atoms. The van der Waals surface area contributed by atoms with Gasteiger partial charge in [0, 0.05) is 13.1 Å². The zero-order valence-corrected chi connectivity index (χ0v) is 12.1. The second kappa shape index (κ2) is 9.82. The summed E-state index contributed by atoms with van der Waals surface area (Å²) in [7, 11) is 0. The fourth-order valence-electron chi connectivity index (χ4n) is 1.91. The molecule has 0 bridgehead atoms. The second-order valence-corrected chi connectivity index (χ2v) is 4.88. The van der Waals surface area contributed by atoms with Crippen molar-refractivity contribution in [1.82, 2.24) is 9.80 Å². The van der Waals surface area contributed by atoms with Gasteiger partial charge in [-0.1, -0.05) is 0 Å². The molecule has 0 aliphatic heterocycles. The van der Waals surface area contributed by atoms with Crippen LogP contribution in [-0.4, -0.2) is 99.3 Å². The van der Waals surface area contributed by atoms with Crippen LogP contribution in [0.25, 0.3) is 0 Å². The number of aliphatic carboxylic acids is 3. The number of hydrogen-bond donors (Lipinski definition) is 4. The first-order valence-electron chi connectivity index (χ1n) is 6.37. The largest absolute Gasteiger partial charge is 0.480 e. The summed E-state index contributed by atoms with van der Waals surface area (Å²) in [4.78, 5) is 45.2. The Morgan fingerprint density at radius 1 is 0.773 bits per heavy atom. The van der Waals surface area contributed by atoms with Crippen molar-refractivity contribution in [3.63, 3.8) is 0 Å². The molecule has 0 saturated carbocycles. The molecule has 0 aromatic rings. The highest BCUT2D eigenvalue weighted by Gasteiger charge is 2.21. The maximum atomic E-state index is 11.0. The molecule has 0 fully saturated rings. The van der Waals surface area contributed by atoms with Crippen LogP contribution in [-0.2, 0) is 19.2 Å². The third kappa shape index (κ3) is 10.7. The standard InChI is InChI=1S/C12H20N2O8/c1-8(15)2-13(5-10(17)18)3-9(16)4-14(6-11(19)20)7-12(21)22/h9,16H,2-7H2,1H3,(H,17,18)(H,19,20)(H,21,22). The minimum absolute atomic E-state index is 0.179. The predicted molar refractivity (Wildman–Crippen MR) is 72.5 cm³/mol. The summed E-state index contributed by atoms with van der Waals surface area (Å²) in [5.74, 6) is -3.97. The van der Waals surface area contributed by atoms with E-state index in [1.54, 1.807) is 0 Å². The van der Waals surface area contributed by atoms with Crippen molar-refractivity contribution >= 4 is 23.7 Å². The van der Waals surface area contributed by atoms with Gasteiger partial charge in [-0.3, -0.25) is 29.0 Å². The van der Waals surface area contributed by atoms with Gasteiger partial charge in [0.25, 0.3) is 0 Å². The first-order valence-corrected chi connectivity index (χ1v) is 6.37. The highest BCUT2D eigenvalue weighted by molar-refractivity contribution is 5.78. The molecule has 4 N–H and O–H groups in total. The van der Waals surface area contributed by atoms with Crippen molar-refractivity contribution in [2.45, 2.75) is 13.0 Å². The van der Waals surface area contributed by atoms with E-state index in [0.717, 1.165) is 4.90 Å². The Bertz CT molecular complexity index is 355. The lowest BCUT2D eigenvalue weighted by Crippen LogP contribution is -2.45. The smallest absolute Gasteiger partial charge is 0.317 e. The fourth-order valence-corrected chi connectivity index (χ4v) is 1.91. The van der Waals surface area contributed by atoms with E-state index >= 15 is 0 Å². The van der Waals surface area contributed by atoms with E-state index in [-0.39, 0.29) is 25.4 Å². The molecule has 126 valence electrons. The third-order valence-corrected chi connectivity index (χ3v) is 2.46. The highest BCUT2D eigenvalue weighted by Crippen LogP contribution is 1.98. The van der Waals surface area contributed by atoms with Crippen LogP contribution in [0.15, 0.2) is 0 Å². The molecule has 1 atom stereocenters. The fraction of sp³-hybridized carbons (Fsp3) is 0.667. The van der Waals surface area contributed by atoms with E-state index in [1.165, 1.54) is 11.8 Å². The Morgan fingerprint density at radius 2 is 1.09 bits per heavy atom. The van der Waals surface area contributed by atoms with E-state index in [1.807, 2.05) is 0 Å². The summed E-state index contributed by atoms with van der Waals surface area (Å²) >= 11 is 0. The van der Waals surface area contributed by atoms with E-state index in [4.69, 9.17) is 15.3 Å². The number of carboxylic acid groups (broad SMARTS) is 3. The molecule has 0 aromatic carbocycles. The van der Waals surface area contributed by atoms with Crippen LogP contribution in [0.5, 0.6) is 0 Å². The van der Waals surface area contributed by atoms with Gasteiger partial charge in [-0.25, -0.2) is 0 Å². The highest BCUT2D eigenvalue weighted by atomic mass is 16.4. The summed E-state index contributed by atoms with van der Waals surface area (Å²) in [5, 5.41) is 36.0. The van der Waals surface area contributed by atoms with Crippen LogP contribution < -0.4 is 0 Å². The summed E-state index contributed by atoms with van der Waals surface area (Å²) in [6.45, 7) is -0.990. The number of carbonyl (C=O) groups is 4. The van der Waals surface area contributed by atoms with Crippen LogP contribution in [0, 0.1) is 0 Å². The van der Waals surface area contributed by atoms with Crippen molar-refractivity contribution in [2.24, 2.45) is 0 Å². The summed E-state index contributed by atoms with van der Waals surface area (Å²) in [5.41, 5.74) is 0. The molecule has 0 aromatic heterocycles. The zero-order chi connectivity index (χ0) is 17.3. The van der Waals surface area contributed by atoms with E-state index in [2.05, 4.69) is 0 Å². The molecular weight excluding hydrogens is 300 g/mol. The van der Waals surface area contributed by atoms with Crippen LogP contribution in [0.1, 0.15) is 6.92 Å². The van der Waals surface area contributed by atoms with Crippen molar-refractivity contribution in [3.8, 4) is 0 Å². The van der Waals surface area contributed by atoms with Crippen molar-refractivity contribution in [3.05, 3.63) is 0 Å². The number of ketones is 1.